The van der Waals surface area contributed by atoms with Gasteiger partial charge in [-0.3, -0.25) is 0 Å². The van der Waals surface area contributed by atoms with Crippen LogP contribution in [0.15, 0.2) is 30.7 Å². The minimum Gasteiger partial charge on any atom is -0.356 e. The highest BCUT2D eigenvalue weighted by Gasteiger charge is 2.48. The predicted octanol–water partition coefficient (Wildman–Crippen LogP) is 3.22. The van der Waals surface area contributed by atoms with E-state index in [1.165, 1.54) is 12.4 Å². The molecule has 31 heavy (non-hydrogen) atoms. The van der Waals surface area contributed by atoms with E-state index >= 15 is 0 Å². The van der Waals surface area contributed by atoms with Crippen molar-refractivity contribution < 1.29 is 22.0 Å². The van der Waals surface area contributed by atoms with E-state index in [-0.39, 0.29) is 5.41 Å². The molecule has 0 aliphatic carbocycles. The Balaban J connectivity index is 1.29. The van der Waals surface area contributed by atoms with Gasteiger partial charge in [-0.05, 0) is 18.6 Å². The van der Waals surface area contributed by atoms with Crippen LogP contribution in [0.2, 0.25) is 0 Å². The quantitative estimate of drug-likeness (QED) is 0.582. The summed E-state index contributed by atoms with van der Waals surface area (Å²) >= 11 is 0. The normalized spacial score (nSPS) is 18.4. The number of nitrogens with zero attached hydrogens (tertiary/aromatic N) is 7. The molecule has 2 fully saturated rings. The van der Waals surface area contributed by atoms with Crippen molar-refractivity contribution in [2.75, 3.05) is 36.0 Å². The van der Waals surface area contributed by atoms with Gasteiger partial charge < -0.3 is 9.80 Å². The highest BCUT2D eigenvalue weighted by atomic mass is 19.4. The number of rotatable bonds is 4. The van der Waals surface area contributed by atoms with Gasteiger partial charge in [0.25, 0.3) is 6.43 Å². The summed E-state index contributed by atoms with van der Waals surface area (Å²) in [6, 6.07) is 2.05. The maximum atomic E-state index is 13.0. The van der Waals surface area contributed by atoms with Crippen molar-refractivity contribution in [1.29, 1.82) is 0 Å². The molecule has 2 aliphatic heterocycles. The lowest BCUT2D eigenvalue weighted by Crippen LogP contribution is -2.58. The molecule has 0 bridgehead atoms. The topological polar surface area (TPSA) is 63.0 Å². The number of pyridine rings is 1. The maximum absolute atomic E-state index is 13.0. The molecule has 5 rings (SSSR count). The lowest BCUT2D eigenvalue weighted by molar-refractivity contribution is -0.137. The van der Waals surface area contributed by atoms with E-state index in [1.807, 2.05) is 9.80 Å². The molecule has 0 unspecified atom stereocenters. The lowest BCUT2D eigenvalue weighted by atomic mass is 9.79. The molecule has 0 saturated carbocycles. The van der Waals surface area contributed by atoms with Gasteiger partial charge in [-0.25, -0.2) is 28.4 Å². The van der Waals surface area contributed by atoms with Crippen molar-refractivity contribution in [3.63, 3.8) is 0 Å². The molecule has 0 aromatic carbocycles. The van der Waals surface area contributed by atoms with Crippen molar-refractivity contribution in [1.82, 2.24) is 24.7 Å². The molecular weight excluding hydrogens is 421 g/mol. The number of fused-ring (bicyclic) bond motifs is 1. The van der Waals surface area contributed by atoms with E-state index < -0.39 is 24.7 Å². The molecule has 0 radical (unpaired) electrons. The van der Waals surface area contributed by atoms with Crippen molar-refractivity contribution in [3.8, 4) is 0 Å². The largest absolute Gasteiger partial charge is 0.416 e. The molecule has 164 valence electrons. The highest BCUT2D eigenvalue weighted by molar-refractivity contribution is 5.71. The van der Waals surface area contributed by atoms with Crippen LogP contribution in [0, 0.1) is 5.41 Å². The monoisotopic (exact) mass is 439 g/mol. The van der Waals surface area contributed by atoms with Gasteiger partial charge in [0.2, 0.25) is 0 Å². The van der Waals surface area contributed by atoms with E-state index in [1.54, 1.807) is 6.20 Å². The van der Waals surface area contributed by atoms with Crippen LogP contribution >= 0.6 is 0 Å². The standard InChI is InChI=1S/C19H18F5N7/c20-14(21)8-31-17-13(6-27-31)26-7-16(28-17)30-10-18(11-30)2-4-29(9-18)15-5-12(1-3-25-15)19(22,23)24/h1,3,5-7,14H,2,4,8-11H2. The molecule has 3 aromatic rings. The number of anilines is 2. The molecule has 0 atom stereocenters. The first kappa shape index (κ1) is 19.9. The van der Waals surface area contributed by atoms with Crippen molar-refractivity contribution >= 4 is 22.8 Å². The fraction of sp³-hybridized carbons (Fsp3) is 0.474. The Kier molecular flexibility index (Phi) is 4.48. The zero-order valence-electron chi connectivity index (χ0n) is 16.2. The second-order valence-corrected chi connectivity index (χ2v) is 8.08. The van der Waals surface area contributed by atoms with E-state index in [0.717, 1.165) is 23.2 Å². The minimum absolute atomic E-state index is 0.0736. The molecule has 12 heteroatoms. The minimum atomic E-state index is -4.41. The Labute approximate surface area is 173 Å². The fourth-order valence-electron chi connectivity index (χ4n) is 4.34. The average molecular weight is 439 g/mol. The lowest BCUT2D eigenvalue weighted by Gasteiger charge is -2.48. The van der Waals surface area contributed by atoms with Crippen molar-refractivity contribution in [3.05, 3.63) is 36.3 Å². The Morgan fingerprint density at radius 2 is 1.81 bits per heavy atom. The van der Waals surface area contributed by atoms with Gasteiger partial charge in [0, 0.05) is 37.8 Å². The third-order valence-electron chi connectivity index (χ3n) is 5.86. The number of aromatic nitrogens is 5. The summed E-state index contributed by atoms with van der Waals surface area (Å²) in [7, 11) is 0. The first-order valence-electron chi connectivity index (χ1n) is 9.72. The third-order valence-corrected chi connectivity index (χ3v) is 5.86. The van der Waals surface area contributed by atoms with Crippen LogP contribution in [0.25, 0.3) is 11.2 Å². The summed E-state index contributed by atoms with van der Waals surface area (Å²) in [5, 5.41) is 3.92. The zero-order valence-corrected chi connectivity index (χ0v) is 16.2. The van der Waals surface area contributed by atoms with E-state index in [2.05, 4.69) is 20.1 Å². The molecule has 3 aromatic heterocycles. The van der Waals surface area contributed by atoms with Gasteiger partial charge in [0.15, 0.2) is 5.65 Å². The van der Waals surface area contributed by atoms with Crippen LogP contribution in [0.3, 0.4) is 0 Å². The van der Waals surface area contributed by atoms with Crippen LogP contribution in [0.1, 0.15) is 12.0 Å². The Hall–Kier alpha value is -3.05. The summed E-state index contributed by atoms with van der Waals surface area (Å²) in [4.78, 5) is 16.7. The highest BCUT2D eigenvalue weighted by Crippen LogP contribution is 2.43. The second-order valence-electron chi connectivity index (χ2n) is 8.08. The number of hydrogen-bond donors (Lipinski definition) is 0. The summed E-state index contributed by atoms with van der Waals surface area (Å²) in [6.07, 6.45) is -1.96. The van der Waals surface area contributed by atoms with Gasteiger partial charge in [-0.2, -0.15) is 18.3 Å². The smallest absolute Gasteiger partial charge is 0.356 e. The van der Waals surface area contributed by atoms with E-state index in [0.29, 0.717) is 49.0 Å². The van der Waals surface area contributed by atoms with Crippen LogP contribution in [0.5, 0.6) is 0 Å². The van der Waals surface area contributed by atoms with Crippen molar-refractivity contribution in [2.45, 2.75) is 25.6 Å². The molecule has 7 nitrogen and oxygen atoms in total. The van der Waals surface area contributed by atoms with Gasteiger partial charge in [-0.1, -0.05) is 0 Å². The average Bonchev–Trinajstić information content (AvgIpc) is 3.31. The maximum Gasteiger partial charge on any atom is 0.416 e. The number of alkyl halides is 5. The van der Waals surface area contributed by atoms with Crippen LogP contribution in [-0.2, 0) is 12.7 Å². The molecule has 1 spiro atoms. The Bertz CT molecular complexity index is 1110. The Morgan fingerprint density at radius 3 is 2.55 bits per heavy atom. The summed E-state index contributed by atoms with van der Waals surface area (Å²) in [6.45, 7) is 1.98. The van der Waals surface area contributed by atoms with Gasteiger partial charge in [0.05, 0.1) is 18.0 Å². The summed E-state index contributed by atoms with van der Waals surface area (Å²) in [5.74, 6) is 0.895. The third kappa shape index (κ3) is 3.63. The van der Waals surface area contributed by atoms with Gasteiger partial charge >= 0.3 is 6.18 Å². The zero-order chi connectivity index (χ0) is 21.8. The fourth-order valence-corrected chi connectivity index (χ4v) is 4.34. The van der Waals surface area contributed by atoms with Crippen LogP contribution in [-0.4, -0.2) is 57.3 Å². The first-order chi connectivity index (χ1) is 14.7. The Morgan fingerprint density at radius 1 is 1.03 bits per heavy atom. The van der Waals surface area contributed by atoms with Crippen LogP contribution in [0.4, 0.5) is 33.6 Å². The van der Waals surface area contributed by atoms with E-state index in [9.17, 15) is 22.0 Å². The van der Waals surface area contributed by atoms with Gasteiger partial charge in [0.1, 0.15) is 23.7 Å². The molecule has 5 heterocycles. The molecule has 2 aliphatic rings. The van der Waals surface area contributed by atoms with E-state index in [4.69, 9.17) is 0 Å². The molecule has 0 N–H and O–H groups in total. The predicted molar refractivity (Wildman–Crippen MR) is 102 cm³/mol. The molecular formula is C19H18F5N7. The number of halogens is 5. The first-order valence-corrected chi connectivity index (χ1v) is 9.72. The van der Waals surface area contributed by atoms with Crippen LogP contribution < -0.4 is 9.80 Å². The number of hydrogen-bond acceptors (Lipinski definition) is 6. The molecule has 2 saturated heterocycles. The summed E-state index contributed by atoms with van der Waals surface area (Å²) in [5.41, 5.74) is -0.0320. The summed E-state index contributed by atoms with van der Waals surface area (Å²) < 4.78 is 65.6. The van der Waals surface area contributed by atoms with Crippen molar-refractivity contribution in [2.24, 2.45) is 5.41 Å². The second kappa shape index (κ2) is 6.99. The SMILES string of the molecule is FC(F)Cn1ncc2ncc(N3CC4(CCN(c5cc(C(F)(F)F)ccn5)C4)C3)nc21. The molecule has 0 amide bonds. The van der Waals surface area contributed by atoms with Gasteiger partial charge in [-0.15, -0.1) is 0 Å².